The Kier molecular flexibility index (Phi) is 7.52. The Hall–Kier alpha value is -3.16. The van der Waals surface area contributed by atoms with Crippen molar-refractivity contribution in [1.29, 1.82) is 0 Å². The Morgan fingerprint density at radius 2 is 2.00 bits per heavy atom. The van der Waals surface area contributed by atoms with E-state index in [4.69, 9.17) is 4.74 Å². The average Bonchev–Trinajstić information content (AvgIpc) is 2.96. The molecule has 8 heteroatoms. The number of hydrogen-bond acceptors (Lipinski definition) is 5. The molecule has 0 aliphatic rings. The summed E-state index contributed by atoms with van der Waals surface area (Å²) in [7, 11) is 0. The van der Waals surface area contributed by atoms with E-state index in [2.05, 4.69) is 15.3 Å². The fraction of sp³-hybridized carbons (Fsp3) is 0.429. The molecule has 29 heavy (non-hydrogen) atoms. The SMILES string of the molecule is CCOC(=O)c1[nH]c(C)c(C(=O)CN(Cc2cccnc2)C(=O)NC(C)C)c1C. The highest BCUT2D eigenvalue weighted by atomic mass is 16.5. The first-order valence-corrected chi connectivity index (χ1v) is 9.58. The number of carbonyl (C=O) groups excluding carboxylic acids is 3. The molecule has 0 aliphatic carbocycles. The van der Waals surface area contributed by atoms with Gasteiger partial charge in [0.1, 0.15) is 5.69 Å². The number of H-pyrrole nitrogens is 1. The summed E-state index contributed by atoms with van der Waals surface area (Å²) in [5.74, 6) is -0.758. The number of aromatic nitrogens is 2. The number of nitrogens with zero attached hydrogens (tertiary/aromatic N) is 2. The van der Waals surface area contributed by atoms with Gasteiger partial charge in [-0.25, -0.2) is 9.59 Å². The van der Waals surface area contributed by atoms with Crippen molar-refractivity contribution in [2.45, 2.75) is 47.2 Å². The fourth-order valence-electron chi connectivity index (χ4n) is 3.08. The molecule has 2 N–H and O–H groups in total. The normalized spacial score (nSPS) is 10.7. The molecule has 2 heterocycles. The van der Waals surface area contributed by atoms with Crippen LogP contribution in [0.25, 0.3) is 0 Å². The predicted octanol–water partition coefficient (Wildman–Crippen LogP) is 3.01. The Morgan fingerprint density at radius 1 is 1.28 bits per heavy atom. The molecule has 2 aromatic rings. The van der Waals surface area contributed by atoms with Gasteiger partial charge in [0.05, 0.1) is 13.2 Å². The number of pyridine rings is 1. The molecule has 0 aliphatic heterocycles. The molecule has 0 unspecified atom stereocenters. The lowest BCUT2D eigenvalue weighted by atomic mass is 10.0. The van der Waals surface area contributed by atoms with E-state index in [1.165, 1.54) is 4.90 Å². The number of ketones is 1. The van der Waals surface area contributed by atoms with E-state index in [1.807, 2.05) is 19.9 Å². The summed E-state index contributed by atoms with van der Waals surface area (Å²) in [6.45, 7) is 9.21. The molecule has 0 saturated heterocycles. The zero-order valence-electron chi connectivity index (χ0n) is 17.5. The molecule has 0 radical (unpaired) electrons. The first-order chi connectivity index (χ1) is 13.7. The number of nitrogens with one attached hydrogen (secondary N) is 2. The van der Waals surface area contributed by atoms with Crippen molar-refractivity contribution in [3.8, 4) is 0 Å². The van der Waals surface area contributed by atoms with Crippen molar-refractivity contribution in [3.63, 3.8) is 0 Å². The van der Waals surface area contributed by atoms with Crippen molar-refractivity contribution in [3.05, 3.63) is 52.6 Å². The van der Waals surface area contributed by atoms with Gasteiger partial charge < -0.3 is 19.9 Å². The second kappa shape index (κ2) is 9.86. The van der Waals surface area contributed by atoms with Gasteiger partial charge in [0, 0.05) is 36.2 Å². The molecular formula is C21H28N4O4. The van der Waals surface area contributed by atoms with Crippen LogP contribution in [0.4, 0.5) is 4.79 Å². The zero-order valence-corrected chi connectivity index (χ0v) is 17.5. The van der Waals surface area contributed by atoms with Gasteiger partial charge in [-0.05, 0) is 51.8 Å². The number of carbonyl (C=O) groups is 3. The number of Topliss-reactive ketones (excluding diaryl/α,β-unsaturated/α-hetero) is 1. The number of ether oxygens (including phenoxy) is 1. The molecule has 2 rings (SSSR count). The van der Waals surface area contributed by atoms with Crippen LogP contribution in [-0.4, -0.2) is 51.8 Å². The fourth-order valence-corrected chi connectivity index (χ4v) is 3.08. The van der Waals surface area contributed by atoms with Crippen molar-refractivity contribution >= 4 is 17.8 Å². The van der Waals surface area contributed by atoms with E-state index in [-0.39, 0.29) is 43.2 Å². The van der Waals surface area contributed by atoms with Crippen LogP contribution in [0.1, 0.15) is 58.4 Å². The summed E-state index contributed by atoms with van der Waals surface area (Å²) in [4.78, 5) is 46.3. The van der Waals surface area contributed by atoms with Gasteiger partial charge in [-0.3, -0.25) is 9.78 Å². The van der Waals surface area contributed by atoms with Gasteiger partial charge in [-0.2, -0.15) is 0 Å². The predicted molar refractivity (Wildman–Crippen MR) is 109 cm³/mol. The first-order valence-electron chi connectivity index (χ1n) is 9.58. The highest BCUT2D eigenvalue weighted by Gasteiger charge is 2.26. The number of amides is 2. The Balaban J connectivity index is 2.27. The number of aromatic amines is 1. The Morgan fingerprint density at radius 3 is 2.59 bits per heavy atom. The van der Waals surface area contributed by atoms with Crippen molar-refractivity contribution < 1.29 is 19.1 Å². The Labute approximate surface area is 170 Å². The van der Waals surface area contributed by atoms with Crippen LogP contribution in [0.5, 0.6) is 0 Å². The van der Waals surface area contributed by atoms with E-state index < -0.39 is 5.97 Å². The van der Waals surface area contributed by atoms with Gasteiger partial charge in [0.25, 0.3) is 0 Å². The summed E-state index contributed by atoms with van der Waals surface area (Å²) < 4.78 is 5.04. The third kappa shape index (κ3) is 5.66. The minimum absolute atomic E-state index is 0.0693. The maximum absolute atomic E-state index is 13.1. The minimum Gasteiger partial charge on any atom is -0.461 e. The van der Waals surface area contributed by atoms with Crippen LogP contribution in [0, 0.1) is 13.8 Å². The molecule has 156 valence electrons. The van der Waals surface area contributed by atoms with E-state index in [1.54, 1.807) is 39.2 Å². The van der Waals surface area contributed by atoms with Crippen molar-refractivity contribution in [2.24, 2.45) is 0 Å². The lowest BCUT2D eigenvalue weighted by molar-refractivity contribution is 0.0519. The van der Waals surface area contributed by atoms with Gasteiger partial charge in [0.2, 0.25) is 0 Å². The van der Waals surface area contributed by atoms with E-state index in [9.17, 15) is 14.4 Å². The second-order valence-electron chi connectivity index (χ2n) is 7.09. The second-order valence-corrected chi connectivity index (χ2v) is 7.09. The monoisotopic (exact) mass is 400 g/mol. The van der Waals surface area contributed by atoms with Gasteiger partial charge in [-0.15, -0.1) is 0 Å². The Bertz CT molecular complexity index is 874. The lowest BCUT2D eigenvalue weighted by Crippen LogP contribution is -2.44. The molecule has 0 fully saturated rings. The van der Waals surface area contributed by atoms with E-state index >= 15 is 0 Å². The van der Waals surface area contributed by atoms with Gasteiger partial charge in [-0.1, -0.05) is 6.07 Å². The summed E-state index contributed by atoms with van der Waals surface area (Å²) in [6.07, 6.45) is 3.31. The number of urea groups is 1. The third-order valence-corrected chi connectivity index (χ3v) is 4.33. The molecule has 2 amide bonds. The molecule has 0 saturated carbocycles. The van der Waals surface area contributed by atoms with Crippen LogP contribution >= 0.6 is 0 Å². The standard InChI is InChI=1S/C21H28N4O4/c1-6-29-20(27)19-14(4)18(15(5)24-19)17(26)12-25(21(28)23-13(2)3)11-16-8-7-9-22-10-16/h7-10,13,24H,6,11-12H2,1-5H3,(H,23,28). The summed E-state index contributed by atoms with van der Waals surface area (Å²) in [6, 6.07) is 3.22. The van der Waals surface area contributed by atoms with Crippen molar-refractivity contribution in [1.82, 2.24) is 20.2 Å². The summed E-state index contributed by atoms with van der Waals surface area (Å²) >= 11 is 0. The quantitative estimate of drug-likeness (QED) is 0.524. The lowest BCUT2D eigenvalue weighted by Gasteiger charge is -2.24. The van der Waals surface area contributed by atoms with Crippen LogP contribution in [0.3, 0.4) is 0 Å². The van der Waals surface area contributed by atoms with Crippen LogP contribution < -0.4 is 5.32 Å². The smallest absolute Gasteiger partial charge is 0.355 e. The highest BCUT2D eigenvalue weighted by molar-refractivity contribution is 6.04. The molecule has 0 aromatic carbocycles. The molecule has 0 atom stereocenters. The summed E-state index contributed by atoms with van der Waals surface area (Å²) in [5, 5.41) is 2.82. The van der Waals surface area contributed by atoms with E-state index in [0.717, 1.165) is 5.56 Å². The number of rotatable bonds is 8. The topological polar surface area (TPSA) is 104 Å². The number of hydrogen-bond donors (Lipinski definition) is 2. The molecule has 2 aromatic heterocycles. The maximum atomic E-state index is 13.1. The molecular weight excluding hydrogens is 372 g/mol. The average molecular weight is 400 g/mol. The summed E-state index contributed by atoms with van der Waals surface area (Å²) in [5.41, 5.74) is 2.58. The van der Waals surface area contributed by atoms with Gasteiger partial charge in [0.15, 0.2) is 5.78 Å². The molecule has 0 spiro atoms. The molecule has 0 bridgehead atoms. The zero-order chi connectivity index (χ0) is 21.6. The van der Waals surface area contributed by atoms with Crippen LogP contribution in [0.15, 0.2) is 24.5 Å². The number of aryl methyl sites for hydroxylation is 1. The highest BCUT2D eigenvalue weighted by Crippen LogP contribution is 2.20. The number of esters is 1. The van der Waals surface area contributed by atoms with Crippen LogP contribution in [-0.2, 0) is 11.3 Å². The minimum atomic E-state index is -0.503. The molecule has 8 nitrogen and oxygen atoms in total. The first kappa shape index (κ1) is 22.1. The van der Waals surface area contributed by atoms with Crippen molar-refractivity contribution in [2.75, 3.05) is 13.2 Å². The van der Waals surface area contributed by atoms with Gasteiger partial charge >= 0.3 is 12.0 Å². The maximum Gasteiger partial charge on any atom is 0.355 e. The third-order valence-electron chi connectivity index (χ3n) is 4.33. The van der Waals surface area contributed by atoms with Crippen LogP contribution in [0.2, 0.25) is 0 Å². The van der Waals surface area contributed by atoms with E-state index in [0.29, 0.717) is 16.8 Å². The largest absolute Gasteiger partial charge is 0.461 e.